The first-order valence-corrected chi connectivity index (χ1v) is 9.20. The Balaban J connectivity index is 0.00000243. The van der Waals surface area contributed by atoms with Gasteiger partial charge in [0.05, 0.1) is 19.7 Å². The number of halogens is 1. The van der Waals surface area contributed by atoms with Gasteiger partial charge in [-0.2, -0.15) is 0 Å². The van der Waals surface area contributed by atoms with Crippen LogP contribution in [-0.4, -0.2) is 56.6 Å². The number of aliphatic hydroxyl groups excluding tert-OH is 1. The molecule has 2 heterocycles. The molecule has 26 heavy (non-hydrogen) atoms. The third-order valence-corrected chi connectivity index (χ3v) is 4.95. The quantitative estimate of drug-likeness (QED) is 0.320. The molecule has 2 atom stereocenters. The highest BCUT2D eigenvalue weighted by Crippen LogP contribution is 2.32. The van der Waals surface area contributed by atoms with E-state index < -0.39 is 0 Å². The fourth-order valence-electron chi connectivity index (χ4n) is 3.45. The molecular weight excluding hydrogens is 445 g/mol. The second-order valence-corrected chi connectivity index (χ2v) is 6.90. The topological polar surface area (TPSA) is 75.1 Å². The normalized spacial score (nSPS) is 24.5. The smallest absolute Gasteiger partial charge is 0.191 e. The van der Waals surface area contributed by atoms with Crippen LogP contribution >= 0.6 is 24.0 Å². The summed E-state index contributed by atoms with van der Waals surface area (Å²) in [6.45, 7) is 5.85. The number of aliphatic imine (C=N–C) groups is 1. The lowest BCUT2D eigenvalue weighted by atomic mass is 9.84. The van der Waals surface area contributed by atoms with E-state index in [1.54, 1.807) is 0 Å². The predicted molar refractivity (Wildman–Crippen MR) is 114 cm³/mol. The molecule has 3 N–H and O–H groups in total. The zero-order chi connectivity index (χ0) is 17.5. The lowest BCUT2D eigenvalue weighted by Crippen LogP contribution is -2.43. The lowest BCUT2D eigenvalue weighted by molar-refractivity contribution is 0.131. The van der Waals surface area contributed by atoms with E-state index in [1.807, 2.05) is 18.2 Å². The predicted octanol–water partition coefficient (Wildman–Crippen LogP) is 1.95. The average molecular weight is 475 g/mol. The van der Waals surface area contributed by atoms with Gasteiger partial charge in [0.15, 0.2) is 5.96 Å². The number of para-hydroxylation sites is 1. The number of aliphatic hydroxyl groups is 1. The Morgan fingerprint density at radius 2 is 2.19 bits per heavy atom. The maximum atomic E-state index is 9.34. The van der Waals surface area contributed by atoms with Crippen LogP contribution in [0.1, 0.15) is 25.3 Å². The van der Waals surface area contributed by atoms with E-state index in [4.69, 9.17) is 14.5 Å². The number of hydrogen-bond acceptors (Lipinski definition) is 4. The van der Waals surface area contributed by atoms with E-state index in [9.17, 15) is 5.11 Å². The van der Waals surface area contributed by atoms with Gasteiger partial charge in [0.2, 0.25) is 0 Å². The van der Waals surface area contributed by atoms with Crippen LogP contribution < -0.4 is 15.4 Å². The van der Waals surface area contributed by atoms with Gasteiger partial charge in [-0.25, -0.2) is 0 Å². The molecule has 0 amide bonds. The van der Waals surface area contributed by atoms with E-state index in [0.29, 0.717) is 19.7 Å². The van der Waals surface area contributed by atoms with Crippen molar-refractivity contribution in [2.75, 3.05) is 39.5 Å². The Morgan fingerprint density at radius 3 is 2.88 bits per heavy atom. The van der Waals surface area contributed by atoms with Gasteiger partial charge in [0, 0.05) is 31.6 Å². The highest BCUT2D eigenvalue weighted by molar-refractivity contribution is 14.0. The molecule has 0 bridgehead atoms. The van der Waals surface area contributed by atoms with E-state index in [0.717, 1.165) is 44.1 Å². The lowest BCUT2D eigenvalue weighted by Gasteiger charge is -2.25. The first kappa shape index (κ1) is 21.2. The molecule has 2 aliphatic heterocycles. The summed E-state index contributed by atoms with van der Waals surface area (Å²) in [5.74, 6) is 1.78. The maximum Gasteiger partial charge on any atom is 0.191 e. The fraction of sp³-hybridized carbons (Fsp3) is 0.632. The van der Waals surface area contributed by atoms with Crippen molar-refractivity contribution in [2.24, 2.45) is 10.4 Å². The number of ether oxygens (including phenoxy) is 2. The third-order valence-electron chi connectivity index (χ3n) is 4.95. The Labute approximate surface area is 172 Å². The maximum absolute atomic E-state index is 9.34. The molecule has 1 aromatic rings. The Hall–Kier alpha value is -1.06. The van der Waals surface area contributed by atoms with Crippen LogP contribution in [-0.2, 0) is 11.2 Å². The summed E-state index contributed by atoms with van der Waals surface area (Å²) in [7, 11) is 0. The van der Waals surface area contributed by atoms with Gasteiger partial charge in [-0.3, -0.25) is 4.99 Å². The van der Waals surface area contributed by atoms with Crippen LogP contribution in [0, 0.1) is 5.41 Å². The standard InChI is InChI=1S/C19H29N3O3.HI/c1-2-20-18(22-13-19(7-9-23)8-10-24-14-19)21-12-16-11-15-5-3-4-6-17(15)25-16;/h3-6,16,23H,2,7-14H2,1H3,(H2,20,21,22);1H. The summed E-state index contributed by atoms with van der Waals surface area (Å²) < 4.78 is 11.5. The molecular formula is C19H30IN3O3. The minimum Gasteiger partial charge on any atom is -0.488 e. The number of nitrogens with zero attached hydrogens (tertiary/aromatic N) is 1. The van der Waals surface area contributed by atoms with E-state index in [2.05, 4.69) is 23.6 Å². The average Bonchev–Trinajstić information content (AvgIpc) is 3.24. The monoisotopic (exact) mass is 475 g/mol. The summed E-state index contributed by atoms with van der Waals surface area (Å²) in [6.07, 6.45) is 2.74. The number of fused-ring (bicyclic) bond motifs is 1. The van der Waals surface area contributed by atoms with Crippen LogP contribution in [0.15, 0.2) is 29.3 Å². The highest BCUT2D eigenvalue weighted by atomic mass is 127. The van der Waals surface area contributed by atoms with E-state index in [-0.39, 0.29) is 42.1 Å². The fourth-order valence-corrected chi connectivity index (χ4v) is 3.45. The molecule has 0 aromatic heterocycles. The van der Waals surface area contributed by atoms with E-state index in [1.165, 1.54) is 5.56 Å². The first-order chi connectivity index (χ1) is 12.2. The third kappa shape index (κ3) is 5.47. The molecule has 3 rings (SSSR count). The molecule has 2 aliphatic rings. The van der Waals surface area contributed by atoms with Crippen LogP contribution in [0.2, 0.25) is 0 Å². The zero-order valence-electron chi connectivity index (χ0n) is 15.4. The SMILES string of the molecule is CCNC(=NCC1(CCO)CCOC1)NCC1Cc2ccccc2O1.I. The van der Waals surface area contributed by atoms with E-state index >= 15 is 0 Å². The van der Waals surface area contributed by atoms with Crippen molar-refractivity contribution < 1.29 is 14.6 Å². The number of guanidine groups is 1. The summed E-state index contributed by atoms with van der Waals surface area (Å²) in [5.41, 5.74) is 1.23. The summed E-state index contributed by atoms with van der Waals surface area (Å²) in [5, 5.41) is 16.0. The molecule has 1 saturated heterocycles. The van der Waals surface area contributed by atoms with Gasteiger partial charge in [0.25, 0.3) is 0 Å². The van der Waals surface area contributed by atoms with Gasteiger partial charge < -0.3 is 25.2 Å². The molecule has 7 heteroatoms. The molecule has 1 aromatic carbocycles. The minimum absolute atomic E-state index is 0. The second-order valence-electron chi connectivity index (χ2n) is 6.90. The van der Waals surface area contributed by atoms with Gasteiger partial charge >= 0.3 is 0 Å². The van der Waals surface area contributed by atoms with Crippen molar-refractivity contribution in [1.29, 1.82) is 0 Å². The van der Waals surface area contributed by atoms with Gasteiger partial charge in [0.1, 0.15) is 11.9 Å². The van der Waals surface area contributed by atoms with Crippen LogP contribution in [0.25, 0.3) is 0 Å². The molecule has 2 unspecified atom stereocenters. The second kappa shape index (κ2) is 10.3. The van der Waals surface area contributed by atoms with Crippen LogP contribution in [0.4, 0.5) is 0 Å². The molecule has 0 aliphatic carbocycles. The van der Waals surface area contributed by atoms with Gasteiger partial charge in [-0.1, -0.05) is 18.2 Å². The number of nitrogens with one attached hydrogen (secondary N) is 2. The first-order valence-electron chi connectivity index (χ1n) is 9.20. The summed E-state index contributed by atoms with van der Waals surface area (Å²) in [4.78, 5) is 4.74. The zero-order valence-corrected chi connectivity index (χ0v) is 17.7. The van der Waals surface area contributed by atoms with Gasteiger partial charge in [-0.15, -0.1) is 24.0 Å². The molecule has 0 saturated carbocycles. The molecule has 1 fully saturated rings. The molecule has 0 radical (unpaired) electrons. The Kier molecular flexibility index (Phi) is 8.43. The Morgan fingerprint density at radius 1 is 1.35 bits per heavy atom. The summed E-state index contributed by atoms with van der Waals surface area (Å²) in [6, 6.07) is 8.19. The summed E-state index contributed by atoms with van der Waals surface area (Å²) >= 11 is 0. The van der Waals surface area contributed by atoms with Crippen LogP contribution in [0.3, 0.4) is 0 Å². The Bertz CT molecular complexity index is 566. The van der Waals surface area contributed by atoms with Crippen molar-refractivity contribution in [3.63, 3.8) is 0 Å². The highest BCUT2D eigenvalue weighted by Gasteiger charge is 2.34. The van der Waals surface area contributed by atoms with Crippen LogP contribution in [0.5, 0.6) is 5.75 Å². The number of benzene rings is 1. The van der Waals surface area contributed by atoms with Crippen molar-refractivity contribution in [2.45, 2.75) is 32.3 Å². The van der Waals surface area contributed by atoms with Gasteiger partial charge in [-0.05, 0) is 31.4 Å². The van der Waals surface area contributed by atoms with Crippen molar-refractivity contribution in [1.82, 2.24) is 10.6 Å². The molecule has 6 nitrogen and oxygen atoms in total. The largest absolute Gasteiger partial charge is 0.488 e. The number of hydrogen-bond donors (Lipinski definition) is 3. The number of rotatable bonds is 7. The molecule has 146 valence electrons. The van der Waals surface area contributed by atoms with Crippen molar-refractivity contribution in [3.05, 3.63) is 29.8 Å². The minimum atomic E-state index is -0.0306. The molecule has 0 spiro atoms. The van der Waals surface area contributed by atoms with Crippen molar-refractivity contribution in [3.8, 4) is 5.75 Å². The van der Waals surface area contributed by atoms with Crippen molar-refractivity contribution >= 4 is 29.9 Å².